The molecule has 0 bridgehead atoms. The summed E-state index contributed by atoms with van der Waals surface area (Å²) >= 11 is 1.41. The van der Waals surface area contributed by atoms with Crippen molar-refractivity contribution in [1.29, 1.82) is 0 Å². The summed E-state index contributed by atoms with van der Waals surface area (Å²) in [7, 11) is 0. The first kappa shape index (κ1) is 20.4. The van der Waals surface area contributed by atoms with Crippen LogP contribution >= 0.6 is 11.8 Å². The Bertz CT molecular complexity index is 858. The molecule has 1 aliphatic heterocycles. The van der Waals surface area contributed by atoms with E-state index in [1.165, 1.54) is 17.8 Å². The number of para-hydroxylation sites is 1. The Morgan fingerprint density at radius 3 is 2.68 bits per heavy atom. The molecular weight excluding hydrogens is 375 g/mol. The molecule has 0 unspecified atom stereocenters. The van der Waals surface area contributed by atoms with Crippen molar-refractivity contribution in [2.75, 3.05) is 11.4 Å². The van der Waals surface area contributed by atoms with Crippen LogP contribution in [0.4, 0.5) is 10.1 Å². The van der Waals surface area contributed by atoms with Crippen LogP contribution in [0.1, 0.15) is 32.3 Å². The van der Waals surface area contributed by atoms with E-state index in [1.807, 2.05) is 24.3 Å². The molecular formula is C22H25FN2O2S. The van der Waals surface area contributed by atoms with Crippen molar-refractivity contribution in [3.8, 4) is 0 Å². The maximum atomic E-state index is 14.2. The molecule has 0 spiro atoms. The van der Waals surface area contributed by atoms with Crippen LogP contribution in [0.5, 0.6) is 0 Å². The van der Waals surface area contributed by atoms with Gasteiger partial charge in [-0.1, -0.05) is 50.6 Å². The van der Waals surface area contributed by atoms with Crippen LogP contribution in [-0.2, 0) is 16.1 Å². The van der Waals surface area contributed by atoms with E-state index in [9.17, 15) is 14.0 Å². The maximum Gasteiger partial charge on any atom is 0.241 e. The Kier molecular flexibility index (Phi) is 6.73. The smallest absolute Gasteiger partial charge is 0.241 e. The topological polar surface area (TPSA) is 49.4 Å². The van der Waals surface area contributed by atoms with Crippen LogP contribution in [0, 0.1) is 11.7 Å². The number of nitrogens with one attached hydrogen (secondary N) is 1. The van der Waals surface area contributed by atoms with E-state index in [-0.39, 0.29) is 24.2 Å². The van der Waals surface area contributed by atoms with Gasteiger partial charge in [0.15, 0.2) is 0 Å². The third-order valence-corrected chi connectivity index (χ3v) is 6.37. The highest BCUT2D eigenvalue weighted by Crippen LogP contribution is 2.42. The number of hydrogen-bond acceptors (Lipinski definition) is 3. The summed E-state index contributed by atoms with van der Waals surface area (Å²) in [6, 6.07) is 14.0. The van der Waals surface area contributed by atoms with Crippen LogP contribution in [-0.4, -0.2) is 23.6 Å². The van der Waals surface area contributed by atoms with Gasteiger partial charge in [-0.15, -0.1) is 11.8 Å². The fourth-order valence-electron chi connectivity index (χ4n) is 3.20. The monoisotopic (exact) mass is 400 g/mol. The molecule has 2 aromatic rings. The van der Waals surface area contributed by atoms with Crippen LogP contribution in [0.25, 0.3) is 0 Å². The molecule has 148 valence electrons. The molecule has 4 nitrogen and oxygen atoms in total. The normalized spacial score (nSPS) is 17.2. The van der Waals surface area contributed by atoms with Crippen molar-refractivity contribution in [3.05, 3.63) is 59.9 Å². The predicted octanol–water partition coefficient (Wildman–Crippen LogP) is 4.39. The summed E-state index contributed by atoms with van der Waals surface area (Å²) in [4.78, 5) is 28.4. The summed E-state index contributed by atoms with van der Waals surface area (Å²) < 4.78 is 14.2. The fourth-order valence-corrected chi connectivity index (χ4v) is 4.49. The van der Waals surface area contributed by atoms with Crippen LogP contribution < -0.4 is 10.2 Å². The minimum atomic E-state index is -0.539. The second-order valence-electron chi connectivity index (χ2n) is 6.96. The van der Waals surface area contributed by atoms with Crippen molar-refractivity contribution in [2.24, 2.45) is 5.92 Å². The number of thioether (sulfide) groups is 1. The quantitative estimate of drug-likeness (QED) is 0.702. The molecule has 1 N–H and O–H groups in total. The number of fused-ring (bicyclic) bond motifs is 1. The first-order chi connectivity index (χ1) is 13.5. The molecule has 6 heteroatoms. The predicted molar refractivity (Wildman–Crippen MR) is 111 cm³/mol. The first-order valence-corrected chi connectivity index (χ1v) is 10.5. The zero-order valence-corrected chi connectivity index (χ0v) is 17.0. The highest BCUT2D eigenvalue weighted by molar-refractivity contribution is 8.01. The lowest BCUT2D eigenvalue weighted by molar-refractivity contribution is -0.128. The number of halogens is 1. The molecule has 0 fully saturated rings. The van der Waals surface area contributed by atoms with Gasteiger partial charge in [0, 0.05) is 17.0 Å². The lowest BCUT2D eigenvalue weighted by Gasteiger charge is -2.35. The molecule has 1 heterocycles. The number of carbonyl (C=O) groups excluding carboxylic acids is 2. The average Bonchev–Trinajstić information content (AvgIpc) is 2.71. The Balaban J connectivity index is 1.86. The number of hydrogen-bond donors (Lipinski definition) is 1. The Morgan fingerprint density at radius 1 is 1.21 bits per heavy atom. The number of nitrogens with zero attached hydrogens (tertiary/aromatic N) is 1. The molecule has 0 saturated heterocycles. The van der Waals surface area contributed by atoms with Gasteiger partial charge < -0.3 is 10.2 Å². The van der Waals surface area contributed by atoms with Crippen molar-refractivity contribution < 1.29 is 14.0 Å². The molecule has 2 amide bonds. The van der Waals surface area contributed by atoms with Crippen molar-refractivity contribution in [3.63, 3.8) is 0 Å². The lowest BCUT2D eigenvalue weighted by atomic mass is 10.0. The highest BCUT2D eigenvalue weighted by atomic mass is 32.2. The molecule has 1 aliphatic rings. The number of amides is 2. The summed E-state index contributed by atoms with van der Waals surface area (Å²) in [5.41, 5.74) is 1.21. The largest absolute Gasteiger partial charge is 0.356 e. The molecule has 0 aromatic heterocycles. The van der Waals surface area contributed by atoms with Crippen LogP contribution in [0.2, 0.25) is 0 Å². The third-order valence-electron chi connectivity index (χ3n) is 4.90. The van der Waals surface area contributed by atoms with E-state index in [1.54, 1.807) is 30.0 Å². The number of carbonyl (C=O) groups is 2. The van der Waals surface area contributed by atoms with E-state index in [0.29, 0.717) is 12.1 Å². The van der Waals surface area contributed by atoms with Gasteiger partial charge in [0.25, 0.3) is 0 Å². The molecule has 3 rings (SSSR count). The van der Waals surface area contributed by atoms with E-state index < -0.39 is 11.2 Å². The minimum Gasteiger partial charge on any atom is -0.356 e. The lowest BCUT2D eigenvalue weighted by Crippen LogP contribution is -2.47. The van der Waals surface area contributed by atoms with Gasteiger partial charge >= 0.3 is 0 Å². The summed E-state index contributed by atoms with van der Waals surface area (Å²) in [5, 5.41) is 2.38. The van der Waals surface area contributed by atoms with Gasteiger partial charge in [-0.25, -0.2) is 4.39 Å². The summed E-state index contributed by atoms with van der Waals surface area (Å²) in [6.07, 6.45) is 1.90. The Morgan fingerprint density at radius 2 is 1.93 bits per heavy atom. The van der Waals surface area contributed by atoms with E-state index in [2.05, 4.69) is 12.2 Å². The van der Waals surface area contributed by atoms with E-state index in [4.69, 9.17) is 0 Å². The minimum absolute atomic E-state index is 0.121. The van der Waals surface area contributed by atoms with Crippen molar-refractivity contribution in [1.82, 2.24) is 5.32 Å². The zero-order chi connectivity index (χ0) is 20.1. The molecule has 2 atom stereocenters. The van der Waals surface area contributed by atoms with Gasteiger partial charge in [0.2, 0.25) is 11.8 Å². The van der Waals surface area contributed by atoms with Crippen LogP contribution in [0.3, 0.4) is 0 Å². The van der Waals surface area contributed by atoms with Gasteiger partial charge in [-0.05, 0) is 24.6 Å². The van der Waals surface area contributed by atoms with Gasteiger partial charge in [0.1, 0.15) is 11.1 Å². The Labute approximate surface area is 169 Å². The summed E-state index contributed by atoms with van der Waals surface area (Å²) in [5.74, 6) is -1.10. The molecule has 2 aromatic carbocycles. The zero-order valence-electron chi connectivity index (χ0n) is 16.2. The van der Waals surface area contributed by atoms with Crippen molar-refractivity contribution in [2.45, 2.75) is 43.4 Å². The fraction of sp³-hybridized carbons (Fsp3) is 0.364. The number of rotatable bonds is 7. The second-order valence-corrected chi connectivity index (χ2v) is 8.14. The number of anilines is 1. The SMILES string of the molecule is CCCCNC(=O)[C@H](C)[C@@H]1Sc2ccccc2N(Cc2ccccc2F)C1=O. The standard InChI is InChI=1S/C22H25FN2O2S/c1-3-4-13-24-21(26)15(2)20-22(27)25(14-16-9-5-6-10-17(16)23)18-11-7-8-12-19(18)28-20/h5-12,15,20H,3-4,13-14H2,1-2H3,(H,24,26)/t15-,20+/m1/s1. The second kappa shape index (κ2) is 9.24. The van der Waals surface area contributed by atoms with Crippen LogP contribution in [0.15, 0.2) is 53.4 Å². The number of benzene rings is 2. The Hall–Kier alpha value is -2.34. The summed E-state index contributed by atoms with van der Waals surface area (Å²) in [6.45, 7) is 4.60. The molecule has 0 saturated carbocycles. The molecule has 0 aliphatic carbocycles. The van der Waals surface area contributed by atoms with Gasteiger partial charge in [0.05, 0.1) is 18.2 Å². The molecule has 28 heavy (non-hydrogen) atoms. The third kappa shape index (κ3) is 4.38. The van der Waals surface area contributed by atoms with Gasteiger partial charge in [-0.3, -0.25) is 9.59 Å². The van der Waals surface area contributed by atoms with Crippen molar-refractivity contribution >= 4 is 29.3 Å². The van der Waals surface area contributed by atoms with Gasteiger partial charge in [-0.2, -0.15) is 0 Å². The molecule has 0 radical (unpaired) electrons. The average molecular weight is 401 g/mol. The maximum absolute atomic E-state index is 14.2. The van der Waals surface area contributed by atoms with E-state index >= 15 is 0 Å². The van der Waals surface area contributed by atoms with E-state index in [0.717, 1.165) is 23.4 Å². The number of unbranched alkanes of at least 4 members (excludes halogenated alkanes) is 1. The first-order valence-electron chi connectivity index (χ1n) is 9.61. The highest BCUT2D eigenvalue weighted by Gasteiger charge is 2.39.